The molecule has 1 saturated heterocycles. The Hall–Kier alpha value is -3.02. The highest BCUT2D eigenvalue weighted by molar-refractivity contribution is 5.98. The largest absolute Gasteiger partial charge is 0.339 e. The molecule has 0 bridgehead atoms. The number of carbonyl (C=O) groups excluding carboxylic acids is 1. The van der Waals surface area contributed by atoms with E-state index in [2.05, 4.69) is 15.0 Å². The molecule has 26 heavy (non-hydrogen) atoms. The molecule has 0 aliphatic carbocycles. The predicted octanol–water partition coefficient (Wildman–Crippen LogP) is 2.65. The van der Waals surface area contributed by atoms with E-state index in [1.165, 1.54) is 12.3 Å². The van der Waals surface area contributed by atoms with Gasteiger partial charge in [-0.2, -0.15) is 0 Å². The molecule has 1 amide bonds. The highest BCUT2D eigenvalue weighted by atomic mass is 16.2. The van der Waals surface area contributed by atoms with Crippen LogP contribution in [0.1, 0.15) is 40.6 Å². The lowest BCUT2D eigenvalue weighted by Gasteiger charge is -2.31. The summed E-state index contributed by atoms with van der Waals surface area (Å²) in [5.74, 6) is 0.953. The number of nitrogens with zero attached hydrogens (tertiary/aromatic N) is 3. The van der Waals surface area contributed by atoms with Crippen molar-refractivity contribution in [3.63, 3.8) is 0 Å². The minimum Gasteiger partial charge on any atom is -0.339 e. The third-order valence-electron chi connectivity index (χ3n) is 4.94. The molecule has 0 atom stereocenters. The summed E-state index contributed by atoms with van der Waals surface area (Å²) in [6, 6.07) is 11.0. The average Bonchev–Trinajstić information content (AvgIpc) is 2.67. The first-order valence-corrected chi connectivity index (χ1v) is 8.82. The van der Waals surface area contributed by atoms with Gasteiger partial charge in [0.25, 0.3) is 11.5 Å². The van der Waals surface area contributed by atoms with E-state index < -0.39 is 0 Å². The Balaban J connectivity index is 1.48. The van der Waals surface area contributed by atoms with Crippen molar-refractivity contribution in [2.45, 2.75) is 25.7 Å². The number of pyridine rings is 1. The zero-order valence-corrected chi connectivity index (χ0v) is 14.6. The van der Waals surface area contributed by atoms with E-state index in [0.29, 0.717) is 18.7 Å². The number of amides is 1. The molecular weight excluding hydrogens is 328 g/mol. The molecule has 3 heterocycles. The van der Waals surface area contributed by atoms with Crippen molar-refractivity contribution < 1.29 is 4.79 Å². The van der Waals surface area contributed by atoms with Crippen LogP contribution in [0.2, 0.25) is 0 Å². The van der Waals surface area contributed by atoms with Crippen molar-refractivity contribution in [1.29, 1.82) is 0 Å². The van der Waals surface area contributed by atoms with Crippen LogP contribution in [0.25, 0.3) is 10.9 Å². The van der Waals surface area contributed by atoms with E-state index >= 15 is 0 Å². The van der Waals surface area contributed by atoms with Crippen LogP contribution in [0.5, 0.6) is 0 Å². The first-order chi connectivity index (χ1) is 12.6. The van der Waals surface area contributed by atoms with E-state index in [1.807, 2.05) is 42.2 Å². The second kappa shape index (κ2) is 6.71. The molecule has 3 aromatic rings. The molecule has 132 valence electrons. The number of rotatable bonds is 2. The zero-order valence-electron chi connectivity index (χ0n) is 14.6. The smallest absolute Gasteiger partial charge is 0.253 e. The molecule has 6 nitrogen and oxygen atoms in total. The number of aryl methyl sites for hydroxylation is 1. The quantitative estimate of drug-likeness (QED) is 0.772. The van der Waals surface area contributed by atoms with Gasteiger partial charge in [-0.3, -0.25) is 14.6 Å². The Morgan fingerprint density at radius 2 is 1.96 bits per heavy atom. The number of nitrogens with one attached hydrogen (secondary N) is 1. The van der Waals surface area contributed by atoms with Gasteiger partial charge in [0.05, 0.1) is 5.52 Å². The number of hydrogen-bond donors (Lipinski definition) is 1. The van der Waals surface area contributed by atoms with Crippen molar-refractivity contribution in [3.8, 4) is 0 Å². The van der Waals surface area contributed by atoms with Crippen molar-refractivity contribution in [2.24, 2.45) is 0 Å². The van der Waals surface area contributed by atoms with Gasteiger partial charge in [0.1, 0.15) is 5.82 Å². The normalized spacial score (nSPS) is 15.3. The minimum atomic E-state index is -0.131. The third kappa shape index (κ3) is 3.22. The molecule has 0 spiro atoms. The molecule has 2 aromatic heterocycles. The summed E-state index contributed by atoms with van der Waals surface area (Å²) < 4.78 is 0. The van der Waals surface area contributed by atoms with Gasteiger partial charge in [0, 0.05) is 47.9 Å². The SMILES string of the molecule is Cc1ccc2cc(C(=O)N3CCC(c4nccc(=O)[nH]4)CC3)ccc2n1. The standard InChI is InChI=1S/C20H20N4O2/c1-13-2-3-15-12-16(4-5-17(15)22-13)20(26)24-10-7-14(8-11-24)19-21-9-6-18(25)23-19/h2-6,9,12,14H,7-8,10-11H2,1H3,(H,21,23,25). The Kier molecular flexibility index (Phi) is 4.24. The van der Waals surface area contributed by atoms with Gasteiger partial charge in [-0.1, -0.05) is 6.07 Å². The van der Waals surface area contributed by atoms with Crippen LogP contribution in [0.3, 0.4) is 0 Å². The zero-order chi connectivity index (χ0) is 18.1. The minimum absolute atomic E-state index is 0.0421. The summed E-state index contributed by atoms with van der Waals surface area (Å²) in [5, 5.41) is 0.974. The van der Waals surface area contributed by atoms with E-state index in [4.69, 9.17) is 0 Å². The van der Waals surface area contributed by atoms with Crippen molar-refractivity contribution in [1.82, 2.24) is 19.9 Å². The number of carbonyl (C=O) groups is 1. The average molecular weight is 348 g/mol. The van der Waals surface area contributed by atoms with Gasteiger partial charge < -0.3 is 9.88 Å². The number of hydrogen-bond acceptors (Lipinski definition) is 4. The highest BCUT2D eigenvalue weighted by Gasteiger charge is 2.25. The van der Waals surface area contributed by atoms with Crippen LogP contribution in [0, 0.1) is 6.92 Å². The summed E-state index contributed by atoms with van der Waals surface area (Å²) in [5.41, 5.74) is 2.42. The molecule has 1 aliphatic rings. The summed E-state index contributed by atoms with van der Waals surface area (Å²) in [4.78, 5) is 37.7. The number of fused-ring (bicyclic) bond motifs is 1. The lowest BCUT2D eigenvalue weighted by atomic mass is 9.95. The fraction of sp³-hybridized carbons (Fsp3) is 0.300. The third-order valence-corrected chi connectivity index (χ3v) is 4.94. The monoisotopic (exact) mass is 348 g/mol. The molecule has 0 radical (unpaired) electrons. The van der Waals surface area contributed by atoms with Gasteiger partial charge in [-0.05, 0) is 44.0 Å². The van der Waals surface area contributed by atoms with Crippen LogP contribution >= 0.6 is 0 Å². The molecule has 4 rings (SSSR count). The molecule has 1 aromatic carbocycles. The number of likely N-dealkylation sites (tertiary alicyclic amines) is 1. The molecule has 0 saturated carbocycles. The van der Waals surface area contributed by atoms with Crippen molar-refractivity contribution in [2.75, 3.05) is 13.1 Å². The molecule has 0 unspecified atom stereocenters. The number of aromatic nitrogens is 3. The van der Waals surface area contributed by atoms with E-state index in [0.717, 1.165) is 35.3 Å². The Labute approximate surface area is 150 Å². The maximum absolute atomic E-state index is 12.8. The Morgan fingerprint density at radius 1 is 1.15 bits per heavy atom. The molecule has 1 fully saturated rings. The van der Waals surface area contributed by atoms with Crippen LogP contribution in [-0.4, -0.2) is 38.8 Å². The topological polar surface area (TPSA) is 79.0 Å². The number of benzene rings is 1. The fourth-order valence-electron chi connectivity index (χ4n) is 3.49. The summed E-state index contributed by atoms with van der Waals surface area (Å²) in [6.07, 6.45) is 3.14. The van der Waals surface area contributed by atoms with Gasteiger partial charge in [0.2, 0.25) is 0 Å². The lowest BCUT2D eigenvalue weighted by molar-refractivity contribution is 0.0711. The van der Waals surface area contributed by atoms with E-state index in [1.54, 1.807) is 0 Å². The summed E-state index contributed by atoms with van der Waals surface area (Å²) >= 11 is 0. The maximum Gasteiger partial charge on any atom is 0.253 e. The lowest BCUT2D eigenvalue weighted by Crippen LogP contribution is -2.38. The maximum atomic E-state index is 12.8. The Bertz CT molecular complexity index is 1020. The Morgan fingerprint density at radius 3 is 2.73 bits per heavy atom. The van der Waals surface area contributed by atoms with Crippen molar-refractivity contribution >= 4 is 16.8 Å². The van der Waals surface area contributed by atoms with Crippen molar-refractivity contribution in [3.05, 3.63) is 70.0 Å². The molecule has 1 aliphatic heterocycles. The van der Waals surface area contributed by atoms with E-state index in [9.17, 15) is 9.59 Å². The predicted molar refractivity (Wildman–Crippen MR) is 99.2 cm³/mol. The van der Waals surface area contributed by atoms with Gasteiger partial charge in [-0.15, -0.1) is 0 Å². The van der Waals surface area contributed by atoms with Crippen LogP contribution in [0.4, 0.5) is 0 Å². The van der Waals surface area contributed by atoms with Gasteiger partial charge in [0.15, 0.2) is 0 Å². The van der Waals surface area contributed by atoms with Crippen LogP contribution in [0.15, 0.2) is 47.4 Å². The van der Waals surface area contributed by atoms with E-state index in [-0.39, 0.29) is 17.4 Å². The second-order valence-corrected chi connectivity index (χ2v) is 6.75. The second-order valence-electron chi connectivity index (χ2n) is 6.75. The summed E-state index contributed by atoms with van der Waals surface area (Å²) in [6.45, 7) is 3.27. The highest BCUT2D eigenvalue weighted by Crippen LogP contribution is 2.26. The molecule has 1 N–H and O–H groups in total. The van der Waals surface area contributed by atoms with Crippen LogP contribution < -0.4 is 5.56 Å². The van der Waals surface area contributed by atoms with Crippen LogP contribution in [-0.2, 0) is 0 Å². The summed E-state index contributed by atoms with van der Waals surface area (Å²) in [7, 11) is 0. The molecule has 6 heteroatoms. The number of aromatic amines is 1. The number of piperidine rings is 1. The van der Waals surface area contributed by atoms with Gasteiger partial charge in [-0.25, -0.2) is 4.98 Å². The first-order valence-electron chi connectivity index (χ1n) is 8.82. The first kappa shape index (κ1) is 16.4. The number of H-pyrrole nitrogens is 1. The molecular formula is C20H20N4O2. The van der Waals surface area contributed by atoms with Gasteiger partial charge >= 0.3 is 0 Å². The fourth-order valence-corrected chi connectivity index (χ4v) is 3.49.